The molecule has 1 heterocycles. The van der Waals surface area contributed by atoms with Crippen LogP contribution in [0.1, 0.15) is 5.56 Å². The number of pyridine rings is 1. The van der Waals surface area contributed by atoms with Gasteiger partial charge in [0.15, 0.2) is 0 Å². The van der Waals surface area contributed by atoms with Crippen LogP contribution in [-0.4, -0.2) is 45.5 Å². The van der Waals surface area contributed by atoms with E-state index in [1.807, 2.05) is 35.1 Å². The first-order valence-corrected chi connectivity index (χ1v) is 11.7. The van der Waals surface area contributed by atoms with Crippen molar-refractivity contribution < 1.29 is 22.7 Å². The lowest BCUT2D eigenvalue weighted by molar-refractivity contribution is -0.120. The fraction of sp³-hybridized carbons (Fsp3) is 0.174. The molecule has 0 radical (unpaired) electrons. The van der Waals surface area contributed by atoms with Gasteiger partial charge in [0.05, 0.1) is 19.0 Å². The summed E-state index contributed by atoms with van der Waals surface area (Å²) in [6.07, 6.45) is 2.93. The van der Waals surface area contributed by atoms with Gasteiger partial charge in [-0.3, -0.25) is 14.5 Å². The number of aromatic nitrogens is 1. The van der Waals surface area contributed by atoms with Crippen LogP contribution in [0.15, 0.2) is 79.1 Å². The number of amides is 3. The summed E-state index contributed by atoms with van der Waals surface area (Å²) in [5.74, 6) is 0.205. The van der Waals surface area contributed by atoms with Crippen molar-refractivity contribution >= 4 is 33.5 Å². The van der Waals surface area contributed by atoms with E-state index in [0.717, 1.165) is 5.56 Å². The number of hydrogen-bond donors (Lipinski definition) is 3. The Morgan fingerprint density at radius 2 is 1.74 bits per heavy atom. The van der Waals surface area contributed by atoms with Crippen molar-refractivity contribution in [3.8, 4) is 5.75 Å². The minimum absolute atomic E-state index is 0.156. The van der Waals surface area contributed by atoms with Gasteiger partial charge in [0.25, 0.3) is 0 Å². The van der Waals surface area contributed by atoms with E-state index in [0.29, 0.717) is 11.4 Å². The van der Waals surface area contributed by atoms with E-state index in [4.69, 9.17) is 4.74 Å². The third-order valence-corrected chi connectivity index (χ3v) is 5.78. The molecule has 34 heavy (non-hydrogen) atoms. The molecular weight excluding hydrogens is 458 g/mol. The molecule has 3 amide bonds. The monoisotopic (exact) mass is 483 g/mol. The van der Waals surface area contributed by atoms with Gasteiger partial charge in [-0.2, -0.15) is 8.42 Å². The smallest absolute Gasteiger partial charge is 0.330 e. The van der Waals surface area contributed by atoms with Crippen LogP contribution < -0.4 is 24.4 Å². The molecule has 0 aliphatic rings. The predicted octanol–water partition coefficient (Wildman–Crippen LogP) is 2.32. The number of ether oxygens (including phenoxy) is 1. The maximum Gasteiger partial charge on any atom is 0.330 e. The molecule has 0 spiro atoms. The standard InChI is InChI=1S/C23H25N5O5S/c1-28(19-10-12-20(33-2)13-11-19)22(29)21(15-17-7-4-3-5-8-17)25-23(30)27-34(31,32)26-18-9-6-14-24-16-18/h3-14,16,21,26H,15H2,1-2H3,(H2,25,27,30). The highest BCUT2D eigenvalue weighted by Crippen LogP contribution is 2.19. The quantitative estimate of drug-likeness (QED) is 0.428. The lowest BCUT2D eigenvalue weighted by atomic mass is 10.0. The van der Waals surface area contributed by atoms with Gasteiger partial charge < -0.3 is 15.0 Å². The Morgan fingerprint density at radius 3 is 2.35 bits per heavy atom. The van der Waals surface area contributed by atoms with Crippen LogP contribution in [0.4, 0.5) is 16.2 Å². The fourth-order valence-corrected chi connectivity index (χ4v) is 3.92. The summed E-state index contributed by atoms with van der Waals surface area (Å²) in [5, 5.41) is 2.48. The summed E-state index contributed by atoms with van der Waals surface area (Å²) in [6, 6.07) is 16.9. The van der Waals surface area contributed by atoms with Gasteiger partial charge in [-0.1, -0.05) is 30.3 Å². The van der Waals surface area contributed by atoms with Crippen LogP contribution in [0.25, 0.3) is 0 Å². The molecule has 10 nitrogen and oxygen atoms in total. The highest BCUT2D eigenvalue weighted by molar-refractivity contribution is 7.91. The molecule has 3 rings (SSSR count). The number of rotatable bonds is 9. The molecule has 0 aliphatic heterocycles. The van der Waals surface area contributed by atoms with Gasteiger partial charge in [0, 0.05) is 25.4 Å². The Labute approximate surface area is 198 Å². The molecule has 0 saturated carbocycles. The van der Waals surface area contributed by atoms with Gasteiger partial charge in [0.2, 0.25) is 5.91 Å². The van der Waals surface area contributed by atoms with E-state index in [1.54, 1.807) is 44.5 Å². The minimum Gasteiger partial charge on any atom is -0.497 e. The average molecular weight is 484 g/mol. The summed E-state index contributed by atoms with van der Waals surface area (Å²) in [5.41, 5.74) is 1.55. The maximum absolute atomic E-state index is 13.3. The van der Waals surface area contributed by atoms with Crippen molar-refractivity contribution in [2.75, 3.05) is 23.8 Å². The van der Waals surface area contributed by atoms with Crippen LogP contribution >= 0.6 is 0 Å². The van der Waals surface area contributed by atoms with Crippen LogP contribution in [0.3, 0.4) is 0 Å². The third-order valence-electron chi connectivity index (χ3n) is 4.82. The van der Waals surface area contributed by atoms with Gasteiger partial charge in [-0.25, -0.2) is 9.52 Å². The number of anilines is 2. The highest BCUT2D eigenvalue weighted by atomic mass is 32.2. The number of methoxy groups -OCH3 is 1. The number of carbonyl (C=O) groups excluding carboxylic acids is 2. The number of nitrogens with one attached hydrogen (secondary N) is 3. The van der Waals surface area contributed by atoms with Crippen molar-refractivity contribution in [2.45, 2.75) is 12.5 Å². The fourth-order valence-electron chi connectivity index (χ4n) is 3.13. The number of hydrogen-bond acceptors (Lipinski definition) is 6. The molecule has 2 aromatic carbocycles. The summed E-state index contributed by atoms with van der Waals surface area (Å²) < 4.78 is 33.8. The molecule has 1 aromatic heterocycles. The van der Waals surface area contributed by atoms with Crippen molar-refractivity contribution in [2.24, 2.45) is 0 Å². The SMILES string of the molecule is COc1ccc(N(C)C(=O)C(Cc2ccccc2)NC(=O)NS(=O)(=O)Nc2cccnc2)cc1. The first kappa shape index (κ1) is 24.5. The van der Waals surface area contributed by atoms with Crippen LogP contribution in [0.2, 0.25) is 0 Å². The zero-order valence-electron chi connectivity index (χ0n) is 18.6. The van der Waals surface area contributed by atoms with Crippen LogP contribution in [-0.2, 0) is 21.4 Å². The molecule has 1 unspecified atom stereocenters. The van der Waals surface area contributed by atoms with E-state index < -0.39 is 28.2 Å². The Bertz CT molecular complexity index is 1210. The third kappa shape index (κ3) is 6.94. The molecule has 0 bridgehead atoms. The number of likely N-dealkylation sites (N-methyl/N-ethyl adjacent to an activating group) is 1. The number of urea groups is 1. The van der Waals surface area contributed by atoms with Crippen LogP contribution in [0, 0.1) is 0 Å². The second-order valence-corrected chi connectivity index (χ2v) is 8.68. The average Bonchev–Trinajstić information content (AvgIpc) is 2.83. The summed E-state index contributed by atoms with van der Waals surface area (Å²) in [6.45, 7) is 0. The van der Waals surface area contributed by atoms with Gasteiger partial charge in [-0.05, 0) is 42.0 Å². The van der Waals surface area contributed by atoms with E-state index >= 15 is 0 Å². The summed E-state index contributed by atoms with van der Waals surface area (Å²) in [7, 11) is -1.14. The summed E-state index contributed by atoms with van der Waals surface area (Å²) >= 11 is 0. The summed E-state index contributed by atoms with van der Waals surface area (Å²) in [4.78, 5) is 31.0. The maximum atomic E-state index is 13.3. The zero-order chi connectivity index (χ0) is 24.6. The Kier molecular flexibility index (Phi) is 8.04. The lowest BCUT2D eigenvalue weighted by Gasteiger charge is -2.25. The van der Waals surface area contributed by atoms with E-state index in [9.17, 15) is 18.0 Å². The normalized spacial score (nSPS) is 11.7. The molecule has 1 atom stereocenters. The van der Waals surface area contributed by atoms with Crippen LogP contribution in [0.5, 0.6) is 5.75 Å². The second-order valence-electron chi connectivity index (χ2n) is 7.26. The van der Waals surface area contributed by atoms with Gasteiger partial charge >= 0.3 is 16.2 Å². The highest BCUT2D eigenvalue weighted by Gasteiger charge is 2.27. The van der Waals surface area contributed by atoms with Crippen molar-refractivity contribution in [1.82, 2.24) is 15.0 Å². The topological polar surface area (TPSA) is 130 Å². The van der Waals surface area contributed by atoms with E-state index in [2.05, 4.69) is 15.0 Å². The van der Waals surface area contributed by atoms with Gasteiger partial charge in [0.1, 0.15) is 11.8 Å². The zero-order valence-corrected chi connectivity index (χ0v) is 19.5. The van der Waals surface area contributed by atoms with Crippen molar-refractivity contribution in [3.63, 3.8) is 0 Å². The predicted molar refractivity (Wildman–Crippen MR) is 129 cm³/mol. The first-order valence-electron chi connectivity index (χ1n) is 10.2. The Morgan fingerprint density at radius 1 is 1.03 bits per heavy atom. The molecule has 178 valence electrons. The molecule has 0 fully saturated rings. The number of benzene rings is 2. The molecule has 0 aliphatic carbocycles. The first-order chi connectivity index (χ1) is 16.3. The molecule has 11 heteroatoms. The molecule has 3 N–H and O–H groups in total. The lowest BCUT2D eigenvalue weighted by Crippen LogP contribution is -2.53. The van der Waals surface area contributed by atoms with E-state index in [-0.39, 0.29) is 12.1 Å². The van der Waals surface area contributed by atoms with Gasteiger partial charge in [-0.15, -0.1) is 0 Å². The van der Waals surface area contributed by atoms with Crippen molar-refractivity contribution in [1.29, 1.82) is 0 Å². The number of carbonyl (C=O) groups is 2. The largest absolute Gasteiger partial charge is 0.497 e. The molecule has 3 aromatic rings. The Hall–Kier alpha value is -4.12. The van der Waals surface area contributed by atoms with E-state index in [1.165, 1.54) is 23.4 Å². The minimum atomic E-state index is -4.25. The van der Waals surface area contributed by atoms with Crippen molar-refractivity contribution in [3.05, 3.63) is 84.7 Å². The molecular formula is C23H25N5O5S. The Balaban J connectivity index is 1.75. The second kappa shape index (κ2) is 11.1. The number of nitrogens with zero attached hydrogens (tertiary/aromatic N) is 2. The molecule has 0 saturated heterocycles.